The van der Waals surface area contributed by atoms with Gasteiger partial charge in [0.25, 0.3) is 0 Å². The van der Waals surface area contributed by atoms with E-state index in [0.29, 0.717) is 11.8 Å². The summed E-state index contributed by atoms with van der Waals surface area (Å²) in [4.78, 5) is 0. The Labute approximate surface area is 78.6 Å². The topological polar surface area (TPSA) is 9.23 Å². The highest BCUT2D eigenvalue weighted by Crippen LogP contribution is 2.07. The van der Waals surface area contributed by atoms with Crippen LogP contribution in [0.5, 0.6) is 0 Å². The van der Waals surface area contributed by atoms with E-state index in [0.717, 1.165) is 18.5 Å². The lowest BCUT2D eigenvalue weighted by Crippen LogP contribution is -2.12. The van der Waals surface area contributed by atoms with Gasteiger partial charge in [-0.05, 0) is 11.8 Å². The minimum atomic E-state index is 0.655. The number of alkyl halides is 1. The van der Waals surface area contributed by atoms with E-state index >= 15 is 0 Å². The van der Waals surface area contributed by atoms with Crippen LogP contribution < -0.4 is 0 Å². The molecule has 0 aromatic rings. The Morgan fingerprint density at radius 3 is 2.27 bits per heavy atom. The third kappa shape index (κ3) is 6.82. The van der Waals surface area contributed by atoms with Gasteiger partial charge >= 0.3 is 0 Å². The molecular weight excluding hydrogens is 204 g/mol. The van der Waals surface area contributed by atoms with Gasteiger partial charge in [-0.25, -0.2) is 0 Å². The zero-order valence-corrected chi connectivity index (χ0v) is 9.36. The van der Waals surface area contributed by atoms with Gasteiger partial charge in [0.15, 0.2) is 0 Å². The van der Waals surface area contributed by atoms with Gasteiger partial charge in [0.1, 0.15) is 0 Å². The third-order valence-electron chi connectivity index (χ3n) is 1.60. The summed E-state index contributed by atoms with van der Waals surface area (Å²) in [6.07, 6.45) is 1.20. The number of rotatable bonds is 6. The highest BCUT2D eigenvalue weighted by atomic mass is 79.9. The zero-order valence-electron chi connectivity index (χ0n) is 7.77. The predicted octanol–water partition coefficient (Wildman–Crippen LogP) is 3.08. The minimum absolute atomic E-state index is 0.655. The van der Waals surface area contributed by atoms with Gasteiger partial charge in [-0.15, -0.1) is 0 Å². The van der Waals surface area contributed by atoms with Gasteiger partial charge in [0.2, 0.25) is 0 Å². The van der Waals surface area contributed by atoms with Crippen molar-refractivity contribution in [3.8, 4) is 0 Å². The van der Waals surface area contributed by atoms with Gasteiger partial charge in [0.05, 0.1) is 6.61 Å². The van der Waals surface area contributed by atoms with Crippen molar-refractivity contribution in [1.29, 1.82) is 0 Å². The van der Waals surface area contributed by atoms with Crippen molar-refractivity contribution in [1.82, 2.24) is 0 Å². The van der Waals surface area contributed by atoms with Crippen molar-refractivity contribution in [3.05, 3.63) is 0 Å². The normalized spacial score (nSPS) is 13.9. The fraction of sp³-hybridized carbons (Fsp3) is 1.00. The van der Waals surface area contributed by atoms with E-state index in [9.17, 15) is 0 Å². The maximum absolute atomic E-state index is 5.51. The van der Waals surface area contributed by atoms with Crippen LogP contribution in [0.4, 0.5) is 0 Å². The molecule has 1 atom stereocenters. The molecule has 1 nitrogen and oxygen atoms in total. The first-order valence-corrected chi connectivity index (χ1v) is 5.46. The average molecular weight is 223 g/mol. The van der Waals surface area contributed by atoms with Gasteiger partial charge in [-0.1, -0.05) is 43.1 Å². The van der Waals surface area contributed by atoms with E-state index in [1.54, 1.807) is 0 Å². The standard InChI is InChI=1S/C9H19BrO/c1-4-9(5-10)7-11-6-8(2)3/h8-9H,4-7H2,1-3H3. The monoisotopic (exact) mass is 222 g/mol. The summed E-state index contributed by atoms with van der Waals surface area (Å²) in [5.74, 6) is 1.34. The lowest BCUT2D eigenvalue weighted by Gasteiger charge is -2.12. The molecule has 1 unspecified atom stereocenters. The molecule has 0 amide bonds. The van der Waals surface area contributed by atoms with Crippen molar-refractivity contribution in [2.75, 3.05) is 18.5 Å². The highest BCUT2D eigenvalue weighted by molar-refractivity contribution is 9.09. The molecule has 0 aliphatic rings. The Balaban J connectivity index is 3.21. The van der Waals surface area contributed by atoms with Crippen LogP contribution in [0.3, 0.4) is 0 Å². The van der Waals surface area contributed by atoms with Crippen molar-refractivity contribution < 1.29 is 4.74 Å². The van der Waals surface area contributed by atoms with E-state index in [1.807, 2.05) is 0 Å². The molecule has 0 spiro atoms. The SMILES string of the molecule is CCC(CBr)COCC(C)C. The predicted molar refractivity (Wildman–Crippen MR) is 53.2 cm³/mol. The van der Waals surface area contributed by atoms with E-state index in [-0.39, 0.29) is 0 Å². The Morgan fingerprint density at radius 2 is 1.91 bits per heavy atom. The summed E-state index contributed by atoms with van der Waals surface area (Å²) < 4.78 is 5.51. The Kier molecular flexibility index (Phi) is 7.39. The number of ether oxygens (including phenoxy) is 1. The average Bonchev–Trinajstić information content (AvgIpc) is 1.98. The van der Waals surface area contributed by atoms with Crippen LogP contribution in [0.1, 0.15) is 27.2 Å². The first-order chi connectivity index (χ1) is 5.20. The fourth-order valence-corrected chi connectivity index (χ4v) is 1.39. The molecule has 0 saturated heterocycles. The van der Waals surface area contributed by atoms with E-state index in [2.05, 4.69) is 36.7 Å². The largest absolute Gasteiger partial charge is 0.381 e. The van der Waals surface area contributed by atoms with Crippen LogP contribution in [0, 0.1) is 11.8 Å². The minimum Gasteiger partial charge on any atom is -0.381 e. The summed E-state index contributed by atoms with van der Waals surface area (Å²) in [6, 6.07) is 0. The molecular formula is C9H19BrO. The Morgan fingerprint density at radius 1 is 1.27 bits per heavy atom. The summed E-state index contributed by atoms with van der Waals surface area (Å²) in [6.45, 7) is 8.35. The van der Waals surface area contributed by atoms with Crippen LogP contribution in [-0.4, -0.2) is 18.5 Å². The number of hydrogen-bond acceptors (Lipinski definition) is 1. The van der Waals surface area contributed by atoms with E-state index in [1.165, 1.54) is 6.42 Å². The fourth-order valence-electron chi connectivity index (χ4n) is 0.742. The van der Waals surface area contributed by atoms with Crippen LogP contribution in [-0.2, 0) is 4.74 Å². The van der Waals surface area contributed by atoms with Crippen LogP contribution in [0.15, 0.2) is 0 Å². The Bertz CT molecular complexity index is 79.6. The molecule has 0 aliphatic carbocycles. The van der Waals surface area contributed by atoms with Crippen LogP contribution in [0.2, 0.25) is 0 Å². The van der Waals surface area contributed by atoms with Crippen LogP contribution >= 0.6 is 15.9 Å². The second-order valence-electron chi connectivity index (χ2n) is 3.36. The smallest absolute Gasteiger partial charge is 0.0502 e. The van der Waals surface area contributed by atoms with Crippen molar-refractivity contribution >= 4 is 15.9 Å². The van der Waals surface area contributed by atoms with Gasteiger partial charge in [-0.2, -0.15) is 0 Å². The molecule has 2 heteroatoms. The van der Waals surface area contributed by atoms with Crippen molar-refractivity contribution in [2.45, 2.75) is 27.2 Å². The lowest BCUT2D eigenvalue weighted by atomic mass is 10.1. The number of halogens is 1. The molecule has 0 heterocycles. The lowest BCUT2D eigenvalue weighted by molar-refractivity contribution is 0.0847. The molecule has 0 fully saturated rings. The van der Waals surface area contributed by atoms with Crippen molar-refractivity contribution in [3.63, 3.8) is 0 Å². The number of hydrogen-bond donors (Lipinski definition) is 0. The summed E-state index contributed by atoms with van der Waals surface area (Å²) >= 11 is 3.46. The zero-order chi connectivity index (χ0) is 8.69. The molecule has 68 valence electrons. The maximum atomic E-state index is 5.51. The van der Waals surface area contributed by atoms with Gasteiger partial charge in [0, 0.05) is 11.9 Å². The Hall–Kier alpha value is 0.440. The molecule has 0 aromatic carbocycles. The molecule has 11 heavy (non-hydrogen) atoms. The van der Waals surface area contributed by atoms with E-state index in [4.69, 9.17) is 4.74 Å². The second kappa shape index (κ2) is 7.11. The van der Waals surface area contributed by atoms with Gasteiger partial charge in [-0.3, -0.25) is 0 Å². The molecule has 0 N–H and O–H groups in total. The first-order valence-electron chi connectivity index (χ1n) is 4.34. The van der Waals surface area contributed by atoms with Gasteiger partial charge < -0.3 is 4.74 Å². The highest BCUT2D eigenvalue weighted by Gasteiger charge is 2.04. The van der Waals surface area contributed by atoms with Crippen molar-refractivity contribution in [2.24, 2.45) is 11.8 Å². The molecule has 0 rings (SSSR count). The molecule has 0 bridgehead atoms. The summed E-state index contributed by atoms with van der Waals surface area (Å²) in [5, 5.41) is 1.06. The van der Waals surface area contributed by atoms with Crippen LogP contribution in [0.25, 0.3) is 0 Å². The molecule has 0 aromatic heterocycles. The second-order valence-corrected chi connectivity index (χ2v) is 4.01. The molecule has 0 saturated carbocycles. The quantitative estimate of drug-likeness (QED) is 0.629. The molecule has 0 radical (unpaired) electrons. The first kappa shape index (κ1) is 11.4. The molecule has 0 aliphatic heterocycles. The summed E-state index contributed by atoms with van der Waals surface area (Å²) in [7, 11) is 0. The summed E-state index contributed by atoms with van der Waals surface area (Å²) in [5.41, 5.74) is 0. The third-order valence-corrected chi connectivity index (χ3v) is 2.52. The maximum Gasteiger partial charge on any atom is 0.0502 e. The van der Waals surface area contributed by atoms with E-state index < -0.39 is 0 Å².